The summed E-state index contributed by atoms with van der Waals surface area (Å²) in [5.41, 5.74) is 3.90. The molecule has 3 rings (SSSR count). The highest BCUT2D eigenvalue weighted by molar-refractivity contribution is 7.98. The molecule has 27 heavy (non-hydrogen) atoms. The number of nitrogens with one attached hydrogen (secondary N) is 1. The van der Waals surface area contributed by atoms with Crippen LogP contribution in [0.3, 0.4) is 0 Å². The van der Waals surface area contributed by atoms with Gasteiger partial charge in [-0.05, 0) is 53.7 Å². The number of piperazine rings is 1. The normalized spacial score (nSPS) is 15.0. The third-order valence-corrected chi connectivity index (χ3v) is 6.14. The van der Waals surface area contributed by atoms with Crippen LogP contribution in [0.5, 0.6) is 0 Å². The molecule has 1 heterocycles. The van der Waals surface area contributed by atoms with Crippen molar-refractivity contribution in [1.82, 2.24) is 4.90 Å². The second-order valence-electron chi connectivity index (χ2n) is 7.90. The zero-order chi connectivity index (χ0) is 19.4. The van der Waals surface area contributed by atoms with Gasteiger partial charge in [0.1, 0.15) is 0 Å². The lowest BCUT2D eigenvalue weighted by Gasteiger charge is -2.38. The van der Waals surface area contributed by atoms with E-state index in [1.807, 2.05) is 11.8 Å². The summed E-state index contributed by atoms with van der Waals surface area (Å²) in [6.07, 6.45) is 2.14. The van der Waals surface area contributed by atoms with Crippen molar-refractivity contribution in [3.8, 4) is 0 Å². The molecule has 0 radical (unpaired) electrons. The Hall–Kier alpha value is -1.72. The summed E-state index contributed by atoms with van der Waals surface area (Å²) in [5, 5.41) is 4.22. The zero-order valence-corrected chi connectivity index (χ0v) is 18.3. The molecule has 0 spiro atoms. The van der Waals surface area contributed by atoms with Gasteiger partial charge in [-0.15, -0.1) is 11.8 Å². The van der Waals surface area contributed by atoms with Gasteiger partial charge in [-0.25, -0.2) is 0 Å². The molecule has 144 valence electrons. The van der Waals surface area contributed by atoms with Crippen LogP contribution in [0, 0.1) is 0 Å². The Kier molecular flexibility index (Phi) is 6.33. The van der Waals surface area contributed by atoms with E-state index in [2.05, 4.69) is 90.7 Å². The molecule has 3 nitrogen and oxygen atoms in total. The molecule has 0 bridgehead atoms. The fourth-order valence-electron chi connectivity index (χ4n) is 3.30. The number of nitrogens with zero attached hydrogens (tertiary/aromatic N) is 2. The summed E-state index contributed by atoms with van der Waals surface area (Å²) in [5.74, 6) is 0. The Labute approximate surface area is 173 Å². The molecule has 0 saturated carbocycles. The first kappa shape index (κ1) is 20.0. The molecule has 5 heteroatoms. The Bertz CT molecular complexity index is 773. The van der Waals surface area contributed by atoms with E-state index < -0.39 is 0 Å². The molecule has 2 aromatic carbocycles. The minimum absolute atomic E-state index is 0.169. The van der Waals surface area contributed by atoms with E-state index in [0.29, 0.717) is 0 Å². The van der Waals surface area contributed by atoms with Crippen molar-refractivity contribution in [1.29, 1.82) is 0 Å². The topological polar surface area (TPSA) is 18.5 Å². The molecule has 0 aliphatic carbocycles. The van der Waals surface area contributed by atoms with E-state index >= 15 is 0 Å². The van der Waals surface area contributed by atoms with Crippen molar-refractivity contribution in [2.24, 2.45) is 0 Å². The predicted molar refractivity (Wildman–Crippen MR) is 123 cm³/mol. The predicted octanol–water partition coefficient (Wildman–Crippen LogP) is 5.23. The van der Waals surface area contributed by atoms with E-state index in [9.17, 15) is 0 Å². The lowest BCUT2D eigenvalue weighted by molar-refractivity contribution is 0.390. The maximum atomic E-state index is 5.66. The van der Waals surface area contributed by atoms with E-state index in [-0.39, 0.29) is 5.41 Å². The van der Waals surface area contributed by atoms with Crippen LogP contribution in [0.1, 0.15) is 26.3 Å². The number of thiocarbonyl (C=S) groups is 1. The van der Waals surface area contributed by atoms with E-state index in [4.69, 9.17) is 12.2 Å². The van der Waals surface area contributed by atoms with Crippen molar-refractivity contribution >= 4 is 40.5 Å². The summed E-state index contributed by atoms with van der Waals surface area (Å²) >= 11 is 7.47. The lowest BCUT2D eigenvalue weighted by Crippen LogP contribution is -2.50. The van der Waals surface area contributed by atoms with Crippen LogP contribution >= 0.6 is 24.0 Å². The van der Waals surface area contributed by atoms with Gasteiger partial charge in [0.15, 0.2) is 5.11 Å². The lowest BCUT2D eigenvalue weighted by atomic mass is 9.87. The van der Waals surface area contributed by atoms with Gasteiger partial charge in [-0.3, -0.25) is 0 Å². The van der Waals surface area contributed by atoms with E-state index in [0.717, 1.165) is 37.0 Å². The SMILES string of the molecule is CSc1ccccc1N1CCN(C(=S)Nc2ccc(C(C)(C)C)cc2)CC1. The second-order valence-corrected chi connectivity index (χ2v) is 9.14. The Morgan fingerprint density at radius 2 is 1.59 bits per heavy atom. The molecule has 1 aliphatic heterocycles. The van der Waals surface area contributed by atoms with Gasteiger partial charge in [0.25, 0.3) is 0 Å². The van der Waals surface area contributed by atoms with Gasteiger partial charge in [0.2, 0.25) is 0 Å². The van der Waals surface area contributed by atoms with Crippen molar-refractivity contribution in [3.05, 3.63) is 54.1 Å². The fourth-order valence-corrected chi connectivity index (χ4v) is 4.22. The highest BCUT2D eigenvalue weighted by Crippen LogP contribution is 2.29. The van der Waals surface area contributed by atoms with Crippen molar-refractivity contribution < 1.29 is 0 Å². The van der Waals surface area contributed by atoms with Crippen LogP contribution in [-0.2, 0) is 5.41 Å². The fraction of sp³-hybridized carbons (Fsp3) is 0.409. The summed E-state index contributed by atoms with van der Waals surface area (Å²) in [4.78, 5) is 6.07. The minimum atomic E-state index is 0.169. The van der Waals surface area contributed by atoms with Gasteiger partial charge < -0.3 is 15.1 Å². The monoisotopic (exact) mass is 399 g/mol. The Balaban J connectivity index is 1.57. The Morgan fingerprint density at radius 1 is 0.963 bits per heavy atom. The third kappa shape index (κ3) is 4.96. The first-order valence-electron chi connectivity index (χ1n) is 9.43. The molecule has 1 N–H and O–H groups in total. The number of benzene rings is 2. The molecule has 0 aromatic heterocycles. The first-order valence-corrected chi connectivity index (χ1v) is 11.1. The van der Waals surface area contributed by atoms with Gasteiger partial charge in [-0.1, -0.05) is 45.0 Å². The molecular formula is C22H29N3S2. The number of thioether (sulfide) groups is 1. The summed E-state index contributed by atoms with van der Waals surface area (Å²) in [6.45, 7) is 10.5. The van der Waals surface area contributed by atoms with Crippen molar-refractivity contribution in [2.75, 3.05) is 42.7 Å². The quantitative estimate of drug-likeness (QED) is 0.561. The maximum Gasteiger partial charge on any atom is 0.173 e. The van der Waals surface area contributed by atoms with Crippen LogP contribution in [0.4, 0.5) is 11.4 Å². The largest absolute Gasteiger partial charge is 0.367 e. The smallest absolute Gasteiger partial charge is 0.173 e. The molecule has 0 amide bonds. The van der Waals surface area contributed by atoms with Crippen LogP contribution in [0.15, 0.2) is 53.4 Å². The molecule has 1 saturated heterocycles. The number of anilines is 2. The average molecular weight is 400 g/mol. The standard InChI is InChI=1S/C22H29N3S2/c1-22(2,3)17-9-11-18(12-10-17)23-21(26)25-15-13-24(14-16-25)19-7-5-6-8-20(19)27-4/h5-12H,13-16H2,1-4H3,(H,23,26). The number of hydrogen-bond acceptors (Lipinski definition) is 3. The molecule has 2 aromatic rings. The van der Waals surface area contributed by atoms with Crippen LogP contribution < -0.4 is 10.2 Å². The first-order chi connectivity index (χ1) is 12.9. The molecule has 0 atom stereocenters. The van der Waals surface area contributed by atoms with Crippen LogP contribution in [0.25, 0.3) is 0 Å². The summed E-state index contributed by atoms with van der Waals surface area (Å²) in [6, 6.07) is 17.2. The average Bonchev–Trinajstić information content (AvgIpc) is 2.68. The Morgan fingerprint density at radius 3 is 2.19 bits per heavy atom. The highest BCUT2D eigenvalue weighted by Gasteiger charge is 2.21. The number of para-hydroxylation sites is 1. The van der Waals surface area contributed by atoms with Gasteiger partial charge in [-0.2, -0.15) is 0 Å². The van der Waals surface area contributed by atoms with E-state index in [1.54, 1.807) is 0 Å². The highest BCUT2D eigenvalue weighted by atomic mass is 32.2. The molecule has 1 fully saturated rings. The number of hydrogen-bond donors (Lipinski definition) is 1. The second kappa shape index (κ2) is 8.53. The zero-order valence-electron chi connectivity index (χ0n) is 16.7. The van der Waals surface area contributed by atoms with Gasteiger partial charge >= 0.3 is 0 Å². The summed E-state index contributed by atoms with van der Waals surface area (Å²) in [7, 11) is 0. The molecular weight excluding hydrogens is 370 g/mol. The summed E-state index contributed by atoms with van der Waals surface area (Å²) < 4.78 is 0. The molecule has 0 unspecified atom stereocenters. The van der Waals surface area contributed by atoms with Crippen molar-refractivity contribution in [3.63, 3.8) is 0 Å². The van der Waals surface area contributed by atoms with Gasteiger partial charge in [0, 0.05) is 36.8 Å². The van der Waals surface area contributed by atoms with Crippen LogP contribution in [0.2, 0.25) is 0 Å². The van der Waals surface area contributed by atoms with Crippen molar-refractivity contribution in [2.45, 2.75) is 31.1 Å². The van der Waals surface area contributed by atoms with Gasteiger partial charge in [0.05, 0.1) is 5.69 Å². The minimum Gasteiger partial charge on any atom is -0.367 e. The third-order valence-electron chi connectivity index (χ3n) is 4.99. The maximum absolute atomic E-state index is 5.66. The van der Waals surface area contributed by atoms with Crippen LogP contribution in [-0.4, -0.2) is 42.4 Å². The number of rotatable bonds is 3. The molecule has 1 aliphatic rings. The van der Waals surface area contributed by atoms with E-state index in [1.165, 1.54) is 16.1 Å².